The van der Waals surface area contributed by atoms with E-state index in [1.54, 1.807) is 13.1 Å². The first kappa shape index (κ1) is 19.4. The number of rotatable bonds is 6. The predicted molar refractivity (Wildman–Crippen MR) is 93.0 cm³/mol. The summed E-state index contributed by atoms with van der Waals surface area (Å²) in [7, 11) is -1.77. The maximum absolute atomic E-state index is 12.6. The summed E-state index contributed by atoms with van der Waals surface area (Å²) < 4.78 is 26.6. The average Bonchev–Trinajstić information content (AvgIpc) is 2.91. The molecule has 1 aliphatic rings. The average molecular weight is 347 g/mol. The molecule has 6 heteroatoms. The first-order chi connectivity index (χ1) is 9.82. The molecule has 1 aromatic carbocycles. The number of hydrogen-bond donors (Lipinski definition) is 1. The lowest BCUT2D eigenvalue weighted by Gasteiger charge is -2.21. The minimum atomic E-state index is -3.40. The van der Waals surface area contributed by atoms with Gasteiger partial charge in [-0.25, -0.2) is 12.7 Å². The Morgan fingerprint density at radius 2 is 1.86 bits per heavy atom. The standard InChI is InChI=1S/C16H26N2O2S.ClH/c1-12(2)16(17)9-10-18(3)21(19,20)15-8-7-13-5-4-6-14(13)11-15;/h7-8,11-12,16H,4-6,9-10,17H2,1-3H3;1H. The monoisotopic (exact) mass is 346 g/mol. The Morgan fingerprint density at radius 3 is 2.50 bits per heavy atom. The Labute approximate surface area is 140 Å². The second-order valence-corrected chi connectivity index (χ2v) is 8.35. The quantitative estimate of drug-likeness (QED) is 0.861. The molecule has 0 amide bonds. The smallest absolute Gasteiger partial charge is 0.242 e. The molecule has 126 valence electrons. The maximum Gasteiger partial charge on any atom is 0.242 e. The van der Waals surface area contributed by atoms with Crippen molar-refractivity contribution in [2.24, 2.45) is 11.7 Å². The SMILES string of the molecule is CC(C)C(N)CCN(C)S(=O)(=O)c1ccc2c(c1)CCC2.Cl. The van der Waals surface area contributed by atoms with Crippen LogP contribution in [-0.2, 0) is 22.9 Å². The van der Waals surface area contributed by atoms with Crippen LogP contribution in [-0.4, -0.2) is 32.4 Å². The van der Waals surface area contributed by atoms with Crippen molar-refractivity contribution >= 4 is 22.4 Å². The lowest BCUT2D eigenvalue weighted by atomic mass is 10.0. The second kappa shape index (κ2) is 7.77. The number of aryl methyl sites for hydroxylation is 2. The van der Waals surface area contributed by atoms with Crippen molar-refractivity contribution in [2.45, 2.75) is 50.5 Å². The van der Waals surface area contributed by atoms with Gasteiger partial charge in [-0.3, -0.25) is 0 Å². The van der Waals surface area contributed by atoms with Crippen molar-refractivity contribution in [3.8, 4) is 0 Å². The van der Waals surface area contributed by atoms with Crippen LogP contribution in [0.25, 0.3) is 0 Å². The molecule has 4 nitrogen and oxygen atoms in total. The van der Waals surface area contributed by atoms with Crippen molar-refractivity contribution in [1.29, 1.82) is 0 Å². The largest absolute Gasteiger partial charge is 0.327 e. The normalized spacial score (nSPS) is 15.7. The molecule has 1 unspecified atom stereocenters. The fourth-order valence-electron chi connectivity index (χ4n) is 2.67. The van der Waals surface area contributed by atoms with Crippen molar-refractivity contribution in [1.82, 2.24) is 4.31 Å². The highest BCUT2D eigenvalue weighted by atomic mass is 35.5. The molecule has 0 saturated carbocycles. The Hall–Kier alpha value is -0.620. The zero-order valence-electron chi connectivity index (χ0n) is 13.6. The Bertz CT molecular complexity index is 602. The molecular weight excluding hydrogens is 320 g/mol. The molecule has 0 fully saturated rings. The number of halogens is 1. The number of nitrogens with two attached hydrogens (primary N) is 1. The van der Waals surface area contributed by atoms with Crippen LogP contribution in [0.15, 0.2) is 23.1 Å². The molecule has 0 heterocycles. The van der Waals surface area contributed by atoms with E-state index in [0.717, 1.165) is 19.3 Å². The van der Waals surface area contributed by atoms with E-state index in [2.05, 4.69) is 13.8 Å². The van der Waals surface area contributed by atoms with Crippen LogP contribution in [0.5, 0.6) is 0 Å². The molecule has 0 spiro atoms. The highest BCUT2D eigenvalue weighted by Crippen LogP contribution is 2.26. The summed E-state index contributed by atoms with van der Waals surface area (Å²) in [5.74, 6) is 0.362. The third kappa shape index (κ3) is 4.22. The molecule has 22 heavy (non-hydrogen) atoms. The minimum absolute atomic E-state index is 0. The summed E-state index contributed by atoms with van der Waals surface area (Å²) in [6.45, 7) is 4.57. The molecule has 0 aromatic heterocycles. The molecule has 0 radical (unpaired) electrons. The first-order valence-electron chi connectivity index (χ1n) is 7.66. The van der Waals surface area contributed by atoms with Crippen LogP contribution < -0.4 is 5.73 Å². The summed E-state index contributed by atoms with van der Waals surface area (Å²) in [4.78, 5) is 0.406. The molecule has 0 saturated heterocycles. The van der Waals surface area contributed by atoms with Crippen LogP contribution in [0.3, 0.4) is 0 Å². The van der Waals surface area contributed by atoms with Crippen molar-refractivity contribution in [3.05, 3.63) is 29.3 Å². The van der Waals surface area contributed by atoms with Gasteiger partial charge in [0.1, 0.15) is 0 Å². The van der Waals surface area contributed by atoms with Gasteiger partial charge in [0.2, 0.25) is 10.0 Å². The number of sulfonamides is 1. The molecule has 0 aliphatic heterocycles. The van der Waals surface area contributed by atoms with Crippen LogP contribution in [0, 0.1) is 5.92 Å². The topological polar surface area (TPSA) is 63.4 Å². The van der Waals surface area contributed by atoms with E-state index in [0.29, 0.717) is 23.8 Å². The van der Waals surface area contributed by atoms with Crippen LogP contribution in [0.2, 0.25) is 0 Å². The Balaban J connectivity index is 0.00000242. The predicted octanol–water partition coefficient (Wildman–Crippen LogP) is 2.59. The summed E-state index contributed by atoms with van der Waals surface area (Å²) >= 11 is 0. The molecule has 1 aliphatic carbocycles. The number of hydrogen-bond acceptors (Lipinski definition) is 3. The van der Waals surface area contributed by atoms with E-state index in [1.807, 2.05) is 12.1 Å². The lowest BCUT2D eigenvalue weighted by Crippen LogP contribution is -2.34. The van der Waals surface area contributed by atoms with Gasteiger partial charge in [-0.05, 0) is 54.9 Å². The molecule has 1 aromatic rings. The maximum atomic E-state index is 12.6. The highest BCUT2D eigenvalue weighted by Gasteiger charge is 2.23. The van der Waals surface area contributed by atoms with E-state index in [-0.39, 0.29) is 18.4 Å². The Kier molecular flexibility index (Phi) is 6.86. The summed E-state index contributed by atoms with van der Waals surface area (Å²) in [5.41, 5.74) is 8.47. The fraction of sp³-hybridized carbons (Fsp3) is 0.625. The van der Waals surface area contributed by atoms with Gasteiger partial charge >= 0.3 is 0 Å². The van der Waals surface area contributed by atoms with Crippen LogP contribution >= 0.6 is 12.4 Å². The van der Waals surface area contributed by atoms with Crippen molar-refractivity contribution < 1.29 is 8.42 Å². The van der Waals surface area contributed by atoms with Gasteiger partial charge in [0.05, 0.1) is 4.90 Å². The zero-order valence-corrected chi connectivity index (χ0v) is 15.2. The molecule has 0 bridgehead atoms. The number of benzene rings is 1. The number of fused-ring (bicyclic) bond motifs is 1. The van der Waals surface area contributed by atoms with Gasteiger partial charge in [0.25, 0.3) is 0 Å². The van der Waals surface area contributed by atoms with Crippen LogP contribution in [0.1, 0.15) is 37.8 Å². The van der Waals surface area contributed by atoms with Crippen molar-refractivity contribution in [2.75, 3.05) is 13.6 Å². The van der Waals surface area contributed by atoms with Crippen molar-refractivity contribution in [3.63, 3.8) is 0 Å². The van der Waals surface area contributed by atoms with Gasteiger partial charge < -0.3 is 5.73 Å². The third-order valence-electron chi connectivity index (χ3n) is 4.41. The van der Waals surface area contributed by atoms with Gasteiger partial charge in [0, 0.05) is 19.6 Å². The van der Waals surface area contributed by atoms with E-state index in [9.17, 15) is 8.42 Å². The third-order valence-corrected chi connectivity index (χ3v) is 6.26. The molecular formula is C16H27ClN2O2S. The second-order valence-electron chi connectivity index (χ2n) is 6.31. The fourth-order valence-corrected chi connectivity index (χ4v) is 3.91. The summed E-state index contributed by atoms with van der Waals surface area (Å²) in [5, 5.41) is 0. The van der Waals surface area contributed by atoms with Gasteiger partial charge in [-0.15, -0.1) is 12.4 Å². The summed E-state index contributed by atoms with van der Waals surface area (Å²) in [6.07, 6.45) is 3.85. The summed E-state index contributed by atoms with van der Waals surface area (Å²) in [6, 6.07) is 5.57. The minimum Gasteiger partial charge on any atom is -0.327 e. The molecule has 1 atom stereocenters. The zero-order chi connectivity index (χ0) is 15.6. The van der Waals surface area contributed by atoms with E-state index in [1.165, 1.54) is 15.4 Å². The van der Waals surface area contributed by atoms with Gasteiger partial charge in [-0.1, -0.05) is 19.9 Å². The lowest BCUT2D eigenvalue weighted by molar-refractivity contribution is 0.397. The number of nitrogens with zero attached hydrogens (tertiary/aromatic N) is 1. The highest BCUT2D eigenvalue weighted by molar-refractivity contribution is 7.89. The van der Waals surface area contributed by atoms with Crippen LogP contribution in [0.4, 0.5) is 0 Å². The molecule has 2 N–H and O–H groups in total. The van der Waals surface area contributed by atoms with E-state index in [4.69, 9.17) is 5.73 Å². The van der Waals surface area contributed by atoms with E-state index < -0.39 is 10.0 Å². The first-order valence-corrected chi connectivity index (χ1v) is 9.10. The van der Waals surface area contributed by atoms with E-state index >= 15 is 0 Å². The van der Waals surface area contributed by atoms with Gasteiger partial charge in [0.15, 0.2) is 0 Å². The Morgan fingerprint density at radius 1 is 1.23 bits per heavy atom. The van der Waals surface area contributed by atoms with Gasteiger partial charge in [-0.2, -0.15) is 0 Å². The molecule has 2 rings (SSSR count).